The fourth-order valence-electron chi connectivity index (χ4n) is 1.98. The largest absolute Gasteiger partial charge is 0.380 e. The zero-order valence-corrected chi connectivity index (χ0v) is 10.7. The number of para-hydroxylation sites is 1. The Morgan fingerprint density at radius 1 is 1.41 bits per heavy atom. The summed E-state index contributed by atoms with van der Waals surface area (Å²) in [5.74, 6) is 0.590. The molecule has 0 radical (unpaired) electrons. The molecule has 17 heavy (non-hydrogen) atoms. The molecule has 0 aromatic heterocycles. The Bertz CT molecular complexity index is 495. The van der Waals surface area contributed by atoms with Gasteiger partial charge in [-0.05, 0) is 30.9 Å². The van der Waals surface area contributed by atoms with Crippen LogP contribution in [0.3, 0.4) is 0 Å². The van der Waals surface area contributed by atoms with Gasteiger partial charge in [0.15, 0.2) is 9.84 Å². The van der Waals surface area contributed by atoms with Gasteiger partial charge in [0.05, 0.1) is 10.6 Å². The summed E-state index contributed by atoms with van der Waals surface area (Å²) < 4.78 is 23.3. The number of rotatable bonds is 5. The van der Waals surface area contributed by atoms with Crippen molar-refractivity contribution in [2.24, 2.45) is 11.7 Å². The molecular weight excluding hydrogens is 236 g/mol. The topological polar surface area (TPSA) is 72.2 Å². The molecule has 2 rings (SSSR count). The van der Waals surface area contributed by atoms with E-state index >= 15 is 0 Å². The summed E-state index contributed by atoms with van der Waals surface area (Å²) in [7, 11) is -3.20. The number of hydrogen-bond donors (Lipinski definition) is 2. The first-order chi connectivity index (χ1) is 8.02. The molecule has 1 aromatic carbocycles. The highest BCUT2D eigenvalue weighted by Gasteiger charge is 2.30. The molecule has 1 saturated carbocycles. The Balaban J connectivity index is 2.25. The molecule has 4 nitrogen and oxygen atoms in total. The van der Waals surface area contributed by atoms with Crippen LogP contribution in [0.2, 0.25) is 0 Å². The quantitative estimate of drug-likeness (QED) is 0.829. The molecule has 0 saturated heterocycles. The summed E-state index contributed by atoms with van der Waals surface area (Å²) in [6.07, 6.45) is 3.58. The Morgan fingerprint density at radius 3 is 2.59 bits per heavy atom. The Morgan fingerprint density at radius 2 is 2.06 bits per heavy atom. The van der Waals surface area contributed by atoms with Gasteiger partial charge >= 0.3 is 0 Å². The van der Waals surface area contributed by atoms with Gasteiger partial charge in [0.25, 0.3) is 0 Å². The summed E-state index contributed by atoms with van der Waals surface area (Å²) in [5.41, 5.74) is 6.37. The lowest BCUT2D eigenvalue weighted by Crippen LogP contribution is -2.31. The van der Waals surface area contributed by atoms with Crippen LogP contribution in [0.25, 0.3) is 0 Å². The standard InChI is InChI=1S/C12H18N2O2S/c1-17(15,16)12-5-3-2-4-10(12)14-11(8-13)9-6-7-9/h2-5,9,11,14H,6-8,13H2,1H3. The number of anilines is 1. The number of sulfone groups is 1. The maximum Gasteiger partial charge on any atom is 0.177 e. The minimum Gasteiger partial charge on any atom is -0.380 e. The zero-order valence-electron chi connectivity index (χ0n) is 9.89. The Kier molecular flexibility index (Phi) is 3.40. The van der Waals surface area contributed by atoms with Crippen molar-refractivity contribution in [2.45, 2.75) is 23.8 Å². The van der Waals surface area contributed by atoms with Gasteiger partial charge in [-0.1, -0.05) is 12.1 Å². The van der Waals surface area contributed by atoms with Crippen LogP contribution in [0.4, 0.5) is 5.69 Å². The molecule has 1 fully saturated rings. The van der Waals surface area contributed by atoms with E-state index in [2.05, 4.69) is 5.32 Å². The third-order valence-corrected chi connectivity index (χ3v) is 4.23. The highest BCUT2D eigenvalue weighted by atomic mass is 32.2. The zero-order chi connectivity index (χ0) is 12.5. The van der Waals surface area contributed by atoms with Crippen LogP contribution in [-0.2, 0) is 9.84 Å². The van der Waals surface area contributed by atoms with Crippen molar-refractivity contribution in [1.29, 1.82) is 0 Å². The van der Waals surface area contributed by atoms with Crippen molar-refractivity contribution < 1.29 is 8.42 Å². The van der Waals surface area contributed by atoms with Crippen molar-refractivity contribution >= 4 is 15.5 Å². The lowest BCUT2D eigenvalue weighted by molar-refractivity contribution is 0.601. The summed E-state index contributed by atoms with van der Waals surface area (Å²) in [5, 5.41) is 3.26. The third-order valence-electron chi connectivity index (χ3n) is 3.07. The van der Waals surface area contributed by atoms with E-state index in [1.54, 1.807) is 18.2 Å². The van der Waals surface area contributed by atoms with Gasteiger partial charge in [0, 0.05) is 18.8 Å². The molecule has 5 heteroatoms. The molecule has 1 aromatic rings. The van der Waals surface area contributed by atoms with E-state index in [9.17, 15) is 8.42 Å². The summed E-state index contributed by atoms with van der Waals surface area (Å²) >= 11 is 0. The monoisotopic (exact) mass is 254 g/mol. The van der Waals surface area contributed by atoms with Gasteiger partial charge in [0.1, 0.15) is 0 Å². The average molecular weight is 254 g/mol. The normalized spacial score (nSPS) is 17.8. The number of nitrogens with one attached hydrogen (secondary N) is 1. The maximum absolute atomic E-state index is 11.6. The highest BCUT2D eigenvalue weighted by molar-refractivity contribution is 7.90. The van der Waals surface area contributed by atoms with Crippen molar-refractivity contribution in [3.05, 3.63) is 24.3 Å². The van der Waals surface area contributed by atoms with E-state index in [0.717, 1.165) is 0 Å². The number of nitrogens with two attached hydrogens (primary N) is 1. The highest BCUT2D eigenvalue weighted by Crippen LogP contribution is 2.34. The van der Waals surface area contributed by atoms with Gasteiger partial charge in [-0.15, -0.1) is 0 Å². The lowest BCUT2D eigenvalue weighted by Gasteiger charge is -2.19. The first-order valence-corrected chi connectivity index (χ1v) is 7.67. The van der Waals surface area contributed by atoms with Crippen LogP contribution in [0.15, 0.2) is 29.2 Å². The molecule has 1 unspecified atom stereocenters. The molecule has 1 aliphatic carbocycles. The number of benzene rings is 1. The lowest BCUT2D eigenvalue weighted by atomic mass is 10.1. The van der Waals surface area contributed by atoms with Crippen molar-refractivity contribution in [3.63, 3.8) is 0 Å². The molecule has 94 valence electrons. The smallest absolute Gasteiger partial charge is 0.177 e. The minimum absolute atomic E-state index is 0.179. The second kappa shape index (κ2) is 4.66. The van der Waals surface area contributed by atoms with E-state index in [-0.39, 0.29) is 6.04 Å². The van der Waals surface area contributed by atoms with E-state index in [0.29, 0.717) is 23.0 Å². The average Bonchev–Trinajstić information content (AvgIpc) is 3.09. The first-order valence-electron chi connectivity index (χ1n) is 5.78. The predicted octanol–water partition coefficient (Wildman–Crippen LogP) is 1.24. The van der Waals surface area contributed by atoms with E-state index in [1.165, 1.54) is 19.1 Å². The van der Waals surface area contributed by atoms with E-state index in [1.807, 2.05) is 6.07 Å². The van der Waals surface area contributed by atoms with Gasteiger partial charge in [-0.3, -0.25) is 0 Å². The van der Waals surface area contributed by atoms with Gasteiger partial charge in [-0.25, -0.2) is 8.42 Å². The maximum atomic E-state index is 11.6. The van der Waals surface area contributed by atoms with Gasteiger partial charge < -0.3 is 11.1 Å². The molecule has 3 N–H and O–H groups in total. The van der Waals surface area contributed by atoms with Crippen molar-refractivity contribution in [2.75, 3.05) is 18.1 Å². The summed E-state index contributed by atoms with van der Waals surface area (Å²) in [6.45, 7) is 0.531. The minimum atomic E-state index is -3.20. The Labute approximate surface area is 102 Å². The van der Waals surface area contributed by atoms with Gasteiger partial charge in [-0.2, -0.15) is 0 Å². The number of hydrogen-bond acceptors (Lipinski definition) is 4. The van der Waals surface area contributed by atoms with Crippen LogP contribution in [0, 0.1) is 5.92 Å². The predicted molar refractivity (Wildman–Crippen MR) is 68.7 cm³/mol. The van der Waals surface area contributed by atoms with Crippen LogP contribution >= 0.6 is 0 Å². The summed E-state index contributed by atoms with van der Waals surface area (Å²) in [4.78, 5) is 0.346. The Hall–Kier alpha value is -1.07. The molecule has 0 bridgehead atoms. The fraction of sp³-hybridized carbons (Fsp3) is 0.500. The van der Waals surface area contributed by atoms with Crippen molar-refractivity contribution in [3.8, 4) is 0 Å². The van der Waals surface area contributed by atoms with Crippen molar-refractivity contribution in [1.82, 2.24) is 0 Å². The molecule has 1 atom stereocenters. The SMILES string of the molecule is CS(=O)(=O)c1ccccc1NC(CN)C1CC1. The second-order valence-corrected chi connectivity index (χ2v) is 6.58. The molecule has 0 amide bonds. The molecular formula is C12H18N2O2S. The molecule has 1 aliphatic rings. The van der Waals surface area contributed by atoms with Crippen LogP contribution < -0.4 is 11.1 Å². The molecule has 0 aliphatic heterocycles. The van der Waals surface area contributed by atoms with E-state index in [4.69, 9.17) is 5.73 Å². The first kappa shape index (κ1) is 12.4. The molecule has 0 heterocycles. The fourth-order valence-corrected chi connectivity index (χ4v) is 2.83. The summed E-state index contributed by atoms with van der Waals surface area (Å²) in [6, 6.07) is 7.16. The second-order valence-electron chi connectivity index (χ2n) is 4.59. The third kappa shape index (κ3) is 2.98. The molecule has 0 spiro atoms. The van der Waals surface area contributed by atoms with Crippen LogP contribution in [0.5, 0.6) is 0 Å². The van der Waals surface area contributed by atoms with Crippen LogP contribution in [0.1, 0.15) is 12.8 Å². The van der Waals surface area contributed by atoms with E-state index < -0.39 is 9.84 Å². The van der Waals surface area contributed by atoms with Gasteiger partial charge in [0.2, 0.25) is 0 Å². The van der Waals surface area contributed by atoms with Crippen LogP contribution in [-0.4, -0.2) is 27.3 Å².